The Balaban J connectivity index is 2.90. The van der Waals surface area contributed by atoms with Gasteiger partial charge in [-0.05, 0) is 25.9 Å². The third kappa shape index (κ3) is 3.58. The van der Waals surface area contributed by atoms with Crippen molar-refractivity contribution in [2.45, 2.75) is 24.6 Å². The molecule has 17 heavy (non-hydrogen) atoms. The van der Waals surface area contributed by atoms with Crippen molar-refractivity contribution in [3.8, 4) is 0 Å². The van der Waals surface area contributed by atoms with Gasteiger partial charge in [-0.3, -0.25) is 4.79 Å². The minimum atomic E-state index is -4.76. The smallest absolute Gasteiger partial charge is 0.350 e. The molecule has 0 spiro atoms. The summed E-state index contributed by atoms with van der Waals surface area (Å²) in [6.07, 6.45) is 0.776. The molecule has 0 atom stereocenters. The predicted octanol–water partition coefficient (Wildman–Crippen LogP) is -0.922. The highest BCUT2D eigenvalue weighted by Gasteiger charge is 2.38. The van der Waals surface area contributed by atoms with Crippen LogP contribution in [0.3, 0.4) is 0 Å². The van der Waals surface area contributed by atoms with Gasteiger partial charge in [-0.1, -0.05) is 0 Å². The lowest BCUT2D eigenvalue weighted by atomic mass is 10.1. The number of nitrogens with zero attached hydrogens (tertiary/aromatic N) is 1. The van der Waals surface area contributed by atoms with Crippen molar-refractivity contribution >= 4 is 15.9 Å². The number of alkyl halides is 2. The van der Waals surface area contributed by atoms with Gasteiger partial charge in [0.2, 0.25) is 5.91 Å². The molecule has 100 valence electrons. The van der Waals surface area contributed by atoms with Crippen molar-refractivity contribution in [3.05, 3.63) is 0 Å². The molecule has 9 heteroatoms. The van der Waals surface area contributed by atoms with Crippen LogP contribution in [-0.2, 0) is 14.8 Å². The Morgan fingerprint density at radius 1 is 1.41 bits per heavy atom. The van der Waals surface area contributed by atoms with E-state index in [0.717, 1.165) is 0 Å². The fourth-order valence-electron chi connectivity index (χ4n) is 1.78. The molecule has 0 aliphatic carbocycles. The molecule has 0 aromatic rings. The van der Waals surface area contributed by atoms with Crippen LogP contribution in [-0.4, -0.2) is 50.1 Å². The molecule has 1 rings (SSSR count). The Morgan fingerprint density at radius 2 is 1.94 bits per heavy atom. The Morgan fingerprint density at radius 3 is 2.35 bits per heavy atom. The van der Waals surface area contributed by atoms with Gasteiger partial charge >= 0.3 is 5.76 Å². The van der Waals surface area contributed by atoms with Crippen LogP contribution in [0.25, 0.3) is 0 Å². The highest BCUT2D eigenvalue weighted by Crippen LogP contribution is 2.20. The lowest BCUT2D eigenvalue weighted by Crippen LogP contribution is -2.50. The Bertz CT molecular complexity index is 368. The Labute approximate surface area is 98.2 Å². The van der Waals surface area contributed by atoms with Gasteiger partial charge in [-0.15, -0.1) is 0 Å². The summed E-state index contributed by atoms with van der Waals surface area (Å²) in [4.78, 5) is 10.8. The van der Waals surface area contributed by atoms with E-state index in [9.17, 15) is 22.0 Å². The number of piperidine rings is 1. The van der Waals surface area contributed by atoms with Gasteiger partial charge in [0.1, 0.15) is 0 Å². The fourth-order valence-corrected chi connectivity index (χ4v) is 2.92. The molecule has 1 saturated heterocycles. The van der Waals surface area contributed by atoms with E-state index in [1.54, 1.807) is 0 Å². The number of carbonyl (C=O) groups is 1. The normalized spacial score (nSPS) is 18.8. The number of nitrogens with two attached hydrogens (primary N) is 1. The van der Waals surface area contributed by atoms with Crippen LogP contribution in [0.15, 0.2) is 0 Å². The highest BCUT2D eigenvalue weighted by molar-refractivity contribution is 7.89. The van der Waals surface area contributed by atoms with Crippen LogP contribution in [0, 0.1) is 0 Å². The van der Waals surface area contributed by atoms with Crippen LogP contribution in [0.2, 0.25) is 0 Å². The van der Waals surface area contributed by atoms with Gasteiger partial charge < -0.3 is 11.1 Å². The van der Waals surface area contributed by atoms with Crippen LogP contribution < -0.4 is 11.1 Å². The molecule has 1 amide bonds. The van der Waals surface area contributed by atoms with Crippen molar-refractivity contribution in [2.24, 2.45) is 5.73 Å². The number of nitrogens with one attached hydrogen (secondary N) is 1. The van der Waals surface area contributed by atoms with E-state index in [1.807, 2.05) is 0 Å². The monoisotopic (exact) mass is 271 g/mol. The summed E-state index contributed by atoms with van der Waals surface area (Å²) in [7, 11) is -4.76. The third-order valence-electron chi connectivity index (χ3n) is 2.58. The van der Waals surface area contributed by atoms with E-state index in [4.69, 9.17) is 5.73 Å². The van der Waals surface area contributed by atoms with E-state index < -0.39 is 34.3 Å². The van der Waals surface area contributed by atoms with Gasteiger partial charge in [-0.2, -0.15) is 13.1 Å². The zero-order valence-corrected chi connectivity index (χ0v) is 9.92. The first kappa shape index (κ1) is 14.3. The second kappa shape index (κ2) is 5.69. The molecule has 6 nitrogen and oxygen atoms in total. The maximum Gasteiger partial charge on any atom is 0.350 e. The molecule has 0 bridgehead atoms. The van der Waals surface area contributed by atoms with E-state index in [0.29, 0.717) is 30.2 Å². The minimum Gasteiger partial charge on any atom is -0.369 e. The standard InChI is InChI=1S/C8H15F2N3O3S/c9-8(10)17(15,16)13(5-7(11)14)6-1-3-12-4-2-6/h6,8,12H,1-5H2,(H2,11,14). The van der Waals surface area contributed by atoms with Crippen molar-refractivity contribution in [2.75, 3.05) is 19.6 Å². The number of halogens is 2. The minimum absolute atomic E-state index is 0.388. The first-order valence-corrected chi connectivity index (χ1v) is 6.64. The van der Waals surface area contributed by atoms with Crippen LogP contribution in [0.4, 0.5) is 8.78 Å². The number of rotatable bonds is 5. The zero-order chi connectivity index (χ0) is 13.1. The molecule has 1 fully saturated rings. The summed E-state index contributed by atoms with van der Waals surface area (Å²) in [5, 5.41) is 2.98. The van der Waals surface area contributed by atoms with Crippen LogP contribution in [0.5, 0.6) is 0 Å². The highest BCUT2D eigenvalue weighted by atomic mass is 32.2. The summed E-state index contributed by atoms with van der Waals surface area (Å²) in [6, 6.07) is -0.595. The predicted molar refractivity (Wildman–Crippen MR) is 56.7 cm³/mol. The lowest BCUT2D eigenvalue weighted by molar-refractivity contribution is -0.118. The maximum atomic E-state index is 12.5. The van der Waals surface area contributed by atoms with Gasteiger partial charge in [0, 0.05) is 6.04 Å². The summed E-state index contributed by atoms with van der Waals surface area (Å²) in [5.74, 6) is -4.47. The molecule has 1 heterocycles. The molecular weight excluding hydrogens is 256 g/mol. The number of amides is 1. The largest absolute Gasteiger partial charge is 0.369 e. The number of hydrogen-bond donors (Lipinski definition) is 2. The Hall–Kier alpha value is -0.800. The van der Waals surface area contributed by atoms with Crippen molar-refractivity contribution in [3.63, 3.8) is 0 Å². The molecule has 0 radical (unpaired) electrons. The summed E-state index contributed by atoms with van der Waals surface area (Å²) >= 11 is 0. The molecule has 0 unspecified atom stereocenters. The number of carbonyl (C=O) groups excluding carboxylic acids is 1. The van der Waals surface area contributed by atoms with Gasteiger partial charge in [0.05, 0.1) is 6.54 Å². The summed E-state index contributed by atoms with van der Waals surface area (Å²) in [6.45, 7) is 0.356. The van der Waals surface area contributed by atoms with Gasteiger partial charge in [0.15, 0.2) is 0 Å². The van der Waals surface area contributed by atoms with E-state index in [1.165, 1.54) is 0 Å². The Kier molecular flexibility index (Phi) is 4.78. The molecule has 0 aromatic heterocycles. The first-order chi connectivity index (χ1) is 7.85. The third-order valence-corrected chi connectivity index (χ3v) is 4.11. The van der Waals surface area contributed by atoms with Crippen molar-refractivity contribution < 1.29 is 22.0 Å². The average Bonchev–Trinajstić information content (AvgIpc) is 2.26. The van der Waals surface area contributed by atoms with E-state index >= 15 is 0 Å². The molecule has 1 aliphatic rings. The second-order valence-electron chi connectivity index (χ2n) is 3.80. The summed E-state index contributed by atoms with van der Waals surface area (Å²) < 4.78 is 48.3. The summed E-state index contributed by atoms with van der Waals surface area (Å²) in [5.41, 5.74) is 4.89. The van der Waals surface area contributed by atoms with Crippen LogP contribution in [0.1, 0.15) is 12.8 Å². The molecule has 1 aliphatic heterocycles. The first-order valence-electron chi connectivity index (χ1n) is 5.13. The quantitative estimate of drug-likeness (QED) is 0.676. The second-order valence-corrected chi connectivity index (χ2v) is 5.65. The van der Waals surface area contributed by atoms with E-state index in [-0.39, 0.29) is 0 Å². The average molecular weight is 271 g/mol. The number of primary amides is 1. The van der Waals surface area contributed by atoms with Crippen molar-refractivity contribution in [1.82, 2.24) is 9.62 Å². The van der Waals surface area contributed by atoms with Crippen molar-refractivity contribution in [1.29, 1.82) is 0 Å². The lowest BCUT2D eigenvalue weighted by Gasteiger charge is -2.32. The fraction of sp³-hybridized carbons (Fsp3) is 0.875. The SMILES string of the molecule is NC(=O)CN(C1CCNCC1)S(=O)(=O)C(F)F. The topological polar surface area (TPSA) is 92.5 Å². The number of sulfonamides is 1. The van der Waals surface area contributed by atoms with E-state index in [2.05, 4.69) is 5.32 Å². The molecule has 3 N–H and O–H groups in total. The molecular formula is C8H15F2N3O3S. The zero-order valence-electron chi connectivity index (χ0n) is 9.10. The maximum absolute atomic E-state index is 12.5. The van der Waals surface area contributed by atoms with Gasteiger partial charge in [-0.25, -0.2) is 8.42 Å². The van der Waals surface area contributed by atoms with Gasteiger partial charge in [0.25, 0.3) is 10.0 Å². The van der Waals surface area contributed by atoms with Crippen LogP contribution >= 0.6 is 0 Å². The number of hydrogen-bond acceptors (Lipinski definition) is 4. The molecule has 0 saturated carbocycles. The molecule has 0 aromatic carbocycles.